The summed E-state index contributed by atoms with van der Waals surface area (Å²) in [5, 5.41) is 0. The van der Waals surface area contributed by atoms with Gasteiger partial charge in [0.1, 0.15) is 0 Å². The summed E-state index contributed by atoms with van der Waals surface area (Å²) in [5.74, 6) is 5.46. The average Bonchev–Trinajstić information content (AvgIpc) is 2.19. The van der Waals surface area contributed by atoms with Crippen LogP contribution >= 0.6 is 11.8 Å². The number of benzene rings is 1. The summed E-state index contributed by atoms with van der Waals surface area (Å²) in [6.45, 7) is 4.19. The fourth-order valence-electron chi connectivity index (χ4n) is 1.30. The normalized spacial score (nSPS) is 11.7. The Labute approximate surface area is 90.2 Å². The lowest BCUT2D eigenvalue weighted by Crippen LogP contribution is -2.45. The molecule has 0 aliphatic carbocycles. The largest absolute Gasteiger partial charge is 0.271 e. The molecule has 0 radical (unpaired) electrons. The minimum absolute atomic E-state index is 0.0408. The van der Waals surface area contributed by atoms with Gasteiger partial charge in [-0.25, -0.2) is 0 Å². The molecule has 0 unspecified atom stereocenters. The first-order valence-electron chi connectivity index (χ1n) is 4.68. The summed E-state index contributed by atoms with van der Waals surface area (Å²) in [6.07, 6.45) is 3.03. The van der Waals surface area contributed by atoms with Crippen molar-refractivity contribution in [3.63, 3.8) is 0 Å². The molecule has 78 valence electrons. The zero-order valence-corrected chi connectivity index (χ0v) is 9.82. The number of nitrogens with one attached hydrogen (secondary N) is 1. The van der Waals surface area contributed by atoms with Crippen molar-refractivity contribution in [3.8, 4) is 0 Å². The summed E-state index contributed by atoms with van der Waals surface area (Å²) in [7, 11) is 0. The standard InChI is InChI=1S/C11H18N2S/c1-11(2,13-12)8-9-4-6-10(14-3)7-5-9/h4-7,13H,8,12H2,1-3H3. The van der Waals surface area contributed by atoms with E-state index in [-0.39, 0.29) is 5.54 Å². The van der Waals surface area contributed by atoms with Crippen LogP contribution in [0.2, 0.25) is 0 Å². The van der Waals surface area contributed by atoms with E-state index in [1.165, 1.54) is 10.5 Å². The lowest BCUT2D eigenvalue weighted by atomic mass is 9.96. The highest BCUT2D eigenvalue weighted by Gasteiger charge is 2.15. The van der Waals surface area contributed by atoms with Gasteiger partial charge in [-0.15, -0.1) is 11.8 Å². The Morgan fingerprint density at radius 2 is 1.86 bits per heavy atom. The van der Waals surface area contributed by atoms with Crippen LogP contribution < -0.4 is 11.3 Å². The first-order chi connectivity index (χ1) is 6.57. The highest BCUT2D eigenvalue weighted by Crippen LogP contribution is 2.17. The quantitative estimate of drug-likeness (QED) is 0.454. The fourth-order valence-corrected chi connectivity index (χ4v) is 1.71. The Bertz CT molecular complexity index is 280. The predicted octanol–water partition coefficient (Wildman–Crippen LogP) is 2.19. The average molecular weight is 210 g/mol. The molecule has 3 N–H and O–H groups in total. The van der Waals surface area contributed by atoms with Crippen LogP contribution in [0, 0.1) is 0 Å². The summed E-state index contributed by atoms with van der Waals surface area (Å²) in [4.78, 5) is 1.30. The molecule has 0 aliphatic rings. The molecule has 1 aromatic carbocycles. The summed E-state index contributed by atoms with van der Waals surface area (Å²) in [6, 6.07) is 8.61. The van der Waals surface area contributed by atoms with Crippen LogP contribution in [-0.4, -0.2) is 11.8 Å². The van der Waals surface area contributed by atoms with E-state index in [9.17, 15) is 0 Å². The maximum absolute atomic E-state index is 5.46. The van der Waals surface area contributed by atoms with Crippen LogP contribution in [0.25, 0.3) is 0 Å². The van der Waals surface area contributed by atoms with Crippen LogP contribution in [0.5, 0.6) is 0 Å². The van der Waals surface area contributed by atoms with Gasteiger partial charge in [-0.05, 0) is 44.2 Å². The van der Waals surface area contributed by atoms with Gasteiger partial charge >= 0.3 is 0 Å². The van der Waals surface area contributed by atoms with Crippen LogP contribution in [-0.2, 0) is 6.42 Å². The van der Waals surface area contributed by atoms with Crippen LogP contribution in [0.4, 0.5) is 0 Å². The van der Waals surface area contributed by atoms with Gasteiger partial charge in [0.05, 0.1) is 0 Å². The third kappa shape index (κ3) is 3.33. The molecule has 0 aliphatic heterocycles. The van der Waals surface area contributed by atoms with E-state index in [1.807, 2.05) is 0 Å². The molecule has 0 amide bonds. The van der Waals surface area contributed by atoms with Gasteiger partial charge in [0.15, 0.2) is 0 Å². The van der Waals surface area contributed by atoms with Crippen LogP contribution in [0.3, 0.4) is 0 Å². The minimum atomic E-state index is -0.0408. The molecule has 0 heterocycles. The molecule has 0 saturated heterocycles. The Kier molecular flexibility index (Phi) is 3.98. The smallest absolute Gasteiger partial charge is 0.0305 e. The van der Waals surface area contributed by atoms with Gasteiger partial charge in [-0.2, -0.15) is 0 Å². The zero-order chi connectivity index (χ0) is 10.6. The molecular weight excluding hydrogens is 192 g/mol. The molecule has 1 rings (SSSR count). The number of hydrogen-bond donors (Lipinski definition) is 2. The number of rotatable bonds is 4. The van der Waals surface area contributed by atoms with Gasteiger partial charge in [0.2, 0.25) is 0 Å². The molecule has 2 nitrogen and oxygen atoms in total. The van der Waals surface area contributed by atoms with E-state index >= 15 is 0 Å². The van der Waals surface area contributed by atoms with Gasteiger partial charge < -0.3 is 0 Å². The van der Waals surface area contributed by atoms with Crippen molar-refractivity contribution >= 4 is 11.8 Å². The summed E-state index contributed by atoms with van der Waals surface area (Å²) in [5.41, 5.74) is 4.08. The Morgan fingerprint density at radius 1 is 1.29 bits per heavy atom. The van der Waals surface area contributed by atoms with Gasteiger partial charge in [0.25, 0.3) is 0 Å². The van der Waals surface area contributed by atoms with E-state index in [1.54, 1.807) is 11.8 Å². The third-order valence-corrected chi connectivity index (χ3v) is 2.94. The zero-order valence-electron chi connectivity index (χ0n) is 9.00. The maximum atomic E-state index is 5.46. The lowest BCUT2D eigenvalue weighted by Gasteiger charge is -2.23. The molecule has 0 saturated carbocycles. The van der Waals surface area contributed by atoms with Crippen molar-refractivity contribution in [3.05, 3.63) is 29.8 Å². The molecule has 3 heteroatoms. The molecule has 0 bridgehead atoms. The third-order valence-electron chi connectivity index (χ3n) is 2.20. The SMILES string of the molecule is CSc1ccc(CC(C)(C)NN)cc1. The molecule has 0 atom stereocenters. The van der Waals surface area contributed by atoms with Crippen molar-refractivity contribution in [2.75, 3.05) is 6.26 Å². The van der Waals surface area contributed by atoms with Crippen molar-refractivity contribution in [1.82, 2.24) is 5.43 Å². The highest BCUT2D eigenvalue weighted by atomic mass is 32.2. The van der Waals surface area contributed by atoms with Crippen LogP contribution in [0.15, 0.2) is 29.2 Å². The van der Waals surface area contributed by atoms with E-state index in [4.69, 9.17) is 5.84 Å². The van der Waals surface area contributed by atoms with Crippen molar-refractivity contribution in [2.24, 2.45) is 5.84 Å². The number of hydrogen-bond acceptors (Lipinski definition) is 3. The summed E-state index contributed by atoms with van der Waals surface area (Å²) >= 11 is 1.76. The Balaban J connectivity index is 2.69. The first kappa shape index (κ1) is 11.6. The van der Waals surface area contributed by atoms with Crippen LogP contribution in [0.1, 0.15) is 19.4 Å². The van der Waals surface area contributed by atoms with E-state index in [0.29, 0.717) is 0 Å². The summed E-state index contributed by atoms with van der Waals surface area (Å²) < 4.78 is 0. The lowest BCUT2D eigenvalue weighted by molar-refractivity contribution is 0.395. The highest BCUT2D eigenvalue weighted by molar-refractivity contribution is 7.98. The first-order valence-corrected chi connectivity index (χ1v) is 5.90. The van der Waals surface area contributed by atoms with Crippen molar-refractivity contribution in [1.29, 1.82) is 0 Å². The number of hydrazine groups is 1. The Morgan fingerprint density at radius 3 is 2.29 bits per heavy atom. The number of nitrogens with two attached hydrogens (primary N) is 1. The van der Waals surface area contributed by atoms with Crippen molar-refractivity contribution < 1.29 is 0 Å². The Hall–Kier alpha value is -0.510. The molecule has 0 spiro atoms. The number of thioether (sulfide) groups is 1. The molecule has 1 aromatic rings. The molecule has 14 heavy (non-hydrogen) atoms. The minimum Gasteiger partial charge on any atom is -0.271 e. The van der Waals surface area contributed by atoms with E-state index in [0.717, 1.165) is 6.42 Å². The second kappa shape index (κ2) is 4.82. The second-order valence-electron chi connectivity index (χ2n) is 4.05. The van der Waals surface area contributed by atoms with Gasteiger partial charge in [-0.3, -0.25) is 11.3 Å². The van der Waals surface area contributed by atoms with Gasteiger partial charge in [-0.1, -0.05) is 12.1 Å². The van der Waals surface area contributed by atoms with E-state index in [2.05, 4.69) is 49.8 Å². The fraction of sp³-hybridized carbons (Fsp3) is 0.455. The molecule has 0 aromatic heterocycles. The predicted molar refractivity (Wildman–Crippen MR) is 63.3 cm³/mol. The molecular formula is C11H18N2S. The second-order valence-corrected chi connectivity index (χ2v) is 4.93. The van der Waals surface area contributed by atoms with Gasteiger partial charge in [0, 0.05) is 10.4 Å². The monoisotopic (exact) mass is 210 g/mol. The molecule has 0 fully saturated rings. The maximum Gasteiger partial charge on any atom is 0.0305 e. The topological polar surface area (TPSA) is 38.0 Å². The van der Waals surface area contributed by atoms with E-state index < -0.39 is 0 Å². The van der Waals surface area contributed by atoms with Crippen molar-refractivity contribution in [2.45, 2.75) is 30.7 Å².